The number of anilines is 1. The first-order valence-electron chi connectivity index (χ1n) is 10.9. The number of nitrogens with zero attached hydrogens (tertiary/aromatic N) is 2. The van der Waals surface area contributed by atoms with Crippen LogP contribution in [0.2, 0.25) is 0 Å². The van der Waals surface area contributed by atoms with Crippen LogP contribution in [-0.4, -0.2) is 43.7 Å². The van der Waals surface area contributed by atoms with Crippen molar-refractivity contribution in [2.45, 2.75) is 30.8 Å². The Morgan fingerprint density at radius 2 is 1.60 bits per heavy atom. The van der Waals surface area contributed by atoms with Gasteiger partial charge < -0.3 is 4.74 Å². The zero-order valence-electron chi connectivity index (χ0n) is 19.2. The number of carbonyl (C=O) groups excluding carboxylic acids is 3. The Labute approximate surface area is 203 Å². The highest BCUT2D eigenvalue weighted by atomic mass is 32.2. The molecule has 4 rings (SSSR count). The van der Waals surface area contributed by atoms with E-state index in [0.717, 1.165) is 14.8 Å². The Morgan fingerprint density at radius 1 is 0.971 bits per heavy atom. The van der Waals surface area contributed by atoms with Crippen molar-refractivity contribution < 1.29 is 27.5 Å². The summed E-state index contributed by atoms with van der Waals surface area (Å²) in [7, 11) is -2.85. The molecule has 1 fully saturated rings. The van der Waals surface area contributed by atoms with Crippen LogP contribution in [0, 0.1) is 6.92 Å². The Balaban J connectivity index is 1.70. The molecule has 1 aliphatic rings. The highest BCUT2D eigenvalue weighted by molar-refractivity contribution is 7.89. The van der Waals surface area contributed by atoms with Crippen molar-refractivity contribution in [3.63, 3.8) is 0 Å². The third-order valence-electron chi connectivity index (χ3n) is 5.83. The maximum Gasteiger partial charge on any atom is 0.337 e. The molecule has 180 valence electrons. The number of esters is 1. The summed E-state index contributed by atoms with van der Waals surface area (Å²) in [5, 5.41) is 0. The van der Waals surface area contributed by atoms with E-state index in [1.807, 2.05) is 19.1 Å². The van der Waals surface area contributed by atoms with E-state index in [9.17, 15) is 22.8 Å². The van der Waals surface area contributed by atoms with E-state index in [4.69, 9.17) is 0 Å². The molecule has 8 nitrogen and oxygen atoms in total. The molecule has 1 unspecified atom stereocenters. The Kier molecular flexibility index (Phi) is 6.81. The zero-order chi connectivity index (χ0) is 25.2. The summed E-state index contributed by atoms with van der Waals surface area (Å²) < 4.78 is 33.0. The maximum absolute atomic E-state index is 13.6. The van der Waals surface area contributed by atoms with Crippen molar-refractivity contribution in [1.29, 1.82) is 0 Å². The maximum atomic E-state index is 13.6. The van der Waals surface area contributed by atoms with Gasteiger partial charge in [0.2, 0.25) is 15.9 Å². The van der Waals surface area contributed by atoms with E-state index in [1.54, 1.807) is 30.3 Å². The third-order valence-corrected chi connectivity index (χ3v) is 7.69. The molecular formula is C26H24N2O6S. The number of imide groups is 1. The van der Waals surface area contributed by atoms with E-state index in [0.29, 0.717) is 5.56 Å². The smallest absolute Gasteiger partial charge is 0.337 e. The van der Waals surface area contributed by atoms with Crippen molar-refractivity contribution in [1.82, 2.24) is 4.31 Å². The van der Waals surface area contributed by atoms with Crippen LogP contribution in [0.1, 0.15) is 27.9 Å². The zero-order valence-corrected chi connectivity index (χ0v) is 20.1. The van der Waals surface area contributed by atoms with Gasteiger partial charge in [-0.1, -0.05) is 48.0 Å². The second-order valence-corrected chi connectivity index (χ2v) is 10.1. The van der Waals surface area contributed by atoms with Gasteiger partial charge in [0, 0.05) is 6.54 Å². The average molecular weight is 493 g/mol. The van der Waals surface area contributed by atoms with E-state index in [2.05, 4.69) is 4.74 Å². The van der Waals surface area contributed by atoms with Gasteiger partial charge in [0.1, 0.15) is 6.04 Å². The molecule has 1 saturated heterocycles. The number of ether oxygens (including phenoxy) is 1. The molecule has 2 amide bonds. The first-order valence-corrected chi connectivity index (χ1v) is 12.3. The van der Waals surface area contributed by atoms with Gasteiger partial charge in [-0.05, 0) is 48.9 Å². The summed E-state index contributed by atoms with van der Waals surface area (Å²) in [4.78, 5) is 39.1. The molecular weight excluding hydrogens is 468 g/mol. The summed E-state index contributed by atoms with van der Waals surface area (Å²) in [6, 6.07) is 19.7. The number of rotatable bonds is 7. The Bertz CT molecular complexity index is 1350. The molecule has 0 aromatic heterocycles. The molecule has 0 bridgehead atoms. The van der Waals surface area contributed by atoms with Crippen molar-refractivity contribution in [3.05, 3.63) is 95.6 Å². The van der Waals surface area contributed by atoms with Crippen LogP contribution in [0.4, 0.5) is 5.69 Å². The predicted molar refractivity (Wildman–Crippen MR) is 129 cm³/mol. The molecule has 1 atom stereocenters. The van der Waals surface area contributed by atoms with Crippen LogP contribution in [0.15, 0.2) is 83.8 Å². The molecule has 3 aromatic rings. The van der Waals surface area contributed by atoms with Crippen LogP contribution in [0.5, 0.6) is 0 Å². The fraction of sp³-hybridized carbons (Fsp3) is 0.192. The molecule has 0 radical (unpaired) electrons. The van der Waals surface area contributed by atoms with Gasteiger partial charge in [0.15, 0.2) is 0 Å². The number of amides is 2. The number of benzene rings is 3. The molecule has 0 N–H and O–H groups in total. The second kappa shape index (κ2) is 9.81. The number of carbonyl (C=O) groups is 3. The lowest BCUT2D eigenvalue weighted by molar-refractivity contribution is -0.122. The minimum absolute atomic E-state index is 0.0354. The van der Waals surface area contributed by atoms with Crippen molar-refractivity contribution in [2.24, 2.45) is 0 Å². The second-order valence-electron chi connectivity index (χ2n) is 8.17. The summed E-state index contributed by atoms with van der Waals surface area (Å²) in [5.74, 6) is -1.72. The predicted octanol–water partition coefficient (Wildman–Crippen LogP) is 3.30. The molecule has 0 saturated carbocycles. The lowest BCUT2D eigenvalue weighted by Crippen LogP contribution is -2.45. The van der Waals surface area contributed by atoms with Crippen molar-refractivity contribution >= 4 is 33.5 Å². The highest BCUT2D eigenvalue weighted by Crippen LogP contribution is 2.31. The van der Waals surface area contributed by atoms with Crippen molar-refractivity contribution in [3.8, 4) is 0 Å². The first kappa shape index (κ1) is 24.3. The quantitative estimate of drug-likeness (QED) is 0.371. The molecule has 1 heterocycles. The number of aryl methyl sites for hydroxylation is 1. The monoisotopic (exact) mass is 492 g/mol. The minimum atomic E-state index is -4.10. The Hall–Kier alpha value is -3.82. The van der Waals surface area contributed by atoms with Gasteiger partial charge in [-0.2, -0.15) is 4.31 Å². The van der Waals surface area contributed by atoms with Gasteiger partial charge in [-0.15, -0.1) is 0 Å². The SMILES string of the molecule is COC(=O)c1ccc(N2C(=O)CC(N(Cc3ccc(C)cc3)S(=O)(=O)c3ccccc3)C2=O)cc1. The molecule has 9 heteroatoms. The van der Waals surface area contributed by atoms with E-state index < -0.39 is 33.8 Å². The fourth-order valence-electron chi connectivity index (χ4n) is 3.94. The first-order chi connectivity index (χ1) is 16.7. The molecule has 0 spiro atoms. The van der Waals surface area contributed by atoms with Gasteiger partial charge in [0.25, 0.3) is 5.91 Å². The molecule has 35 heavy (non-hydrogen) atoms. The summed E-state index contributed by atoms with van der Waals surface area (Å²) in [6.45, 7) is 1.85. The van der Waals surface area contributed by atoms with Crippen LogP contribution >= 0.6 is 0 Å². The average Bonchev–Trinajstić information content (AvgIpc) is 3.16. The topological polar surface area (TPSA) is 101 Å². The van der Waals surface area contributed by atoms with Gasteiger partial charge >= 0.3 is 5.97 Å². The Morgan fingerprint density at radius 3 is 2.20 bits per heavy atom. The number of methoxy groups -OCH3 is 1. The van der Waals surface area contributed by atoms with E-state index in [-0.39, 0.29) is 29.1 Å². The lowest BCUT2D eigenvalue weighted by atomic mass is 10.1. The molecule has 1 aliphatic heterocycles. The number of hydrogen-bond acceptors (Lipinski definition) is 6. The minimum Gasteiger partial charge on any atom is -0.465 e. The fourth-order valence-corrected chi connectivity index (χ4v) is 5.53. The molecule has 0 aliphatic carbocycles. The third kappa shape index (κ3) is 4.87. The number of sulfonamides is 1. The standard InChI is InChI=1S/C26H24N2O6S/c1-18-8-10-19(11-9-18)17-27(35(32,33)22-6-4-3-5-7-22)23-16-24(29)28(25(23)30)21-14-12-20(13-15-21)26(31)34-2/h3-15,23H,16-17H2,1-2H3. The largest absolute Gasteiger partial charge is 0.465 e. The summed E-state index contributed by atoms with van der Waals surface area (Å²) in [6.07, 6.45) is -0.296. The molecule has 3 aromatic carbocycles. The van der Waals surface area contributed by atoms with Crippen LogP contribution < -0.4 is 4.90 Å². The normalized spacial score (nSPS) is 16.1. The van der Waals surface area contributed by atoms with Crippen LogP contribution in [0.25, 0.3) is 0 Å². The van der Waals surface area contributed by atoms with E-state index in [1.165, 1.54) is 43.5 Å². The van der Waals surface area contributed by atoms with Crippen LogP contribution in [0.3, 0.4) is 0 Å². The van der Waals surface area contributed by atoms with E-state index >= 15 is 0 Å². The van der Waals surface area contributed by atoms with Gasteiger partial charge in [-0.25, -0.2) is 18.1 Å². The van der Waals surface area contributed by atoms with Gasteiger partial charge in [0.05, 0.1) is 29.7 Å². The number of hydrogen-bond donors (Lipinski definition) is 0. The lowest BCUT2D eigenvalue weighted by Gasteiger charge is -2.27. The van der Waals surface area contributed by atoms with Gasteiger partial charge in [-0.3, -0.25) is 9.59 Å². The van der Waals surface area contributed by atoms with Crippen LogP contribution in [-0.2, 0) is 30.9 Å². The van der Waals surface area contributed by atoms with Crippen molar-refractivity contribution in [2.75, 3.05) is 12.0 Å². The summed E-state index contributed by atoms with van der Waals surface area (Å²) in [5.41, 5.74) is 2.22. The highest BCUT2D eigenvalue weighted by Gasteiger charge is 2.47. The summed E-state index contributed by atoms with van der Waals surface area (Å²) >= 11 is 0.